The number of hydrogen-bond donors (Lipinski definition) is 2. The minimum absolute atomic E-state index is 0.224. The Morgan fingerprint density at radius 2 is 1.77 bits per heavy atom. The molecule has 0 saturated carbocycles. The summed E-state index contributed by atoms with van der Waals surface area (Å²) in [7, 11) is -0.658. The maximum Gasteiger partial charge on any atom is 0.239 e. The predicted molar refractivity (Wildman–Crippen MR) is 103 cm³/mol. The number of halogens is 1. The molecule has 1 amide bonds. The zero-order chi connectivity index (χ0) is 19.2. The molecular weight excluding hydrogens is 424 g/mol. The molecule has 0 spiro atoms. The molecule has 0 saturated heterocycles. The van der Waals surface area contributed by atoms with Crippen LogP contribution in [-0.2, 0) is 20.6 Å². The van der Waals surface area contributed by atoms with Crippen LogP contribution in [0.1, 0.15) is 5.56 Å². The molecule has 0 bridgehead atoms. The number of nitrogens with one attached hydrogen (secondary N) is 2. The Labute approximate surface area is 160 Å². The average molecular weight is 443 g/mol. The van der Waals surface area contributed by atoms with Crippen LogP contribution in [0.15, 0.2) is 46.9 Å². The minimum atomic E-state index is -3.65. The van der Waals surface area contributed by atoms with E-state index in [0.717, 1.165) is 0 Å². The topological polar surface area (TPSA) is 93.7 Å². The molecule has 2 aromatic carbocycles. The number of carbonyl (C=O) groups excluding carboxylic acids is 1. The molecule has 0 aliphatic heterocycles. The SMILES string of the molecule is COc1ccc(NC(=O)CNS(=O)(=O)Cc2ccccc2Br)cc1OC. The van der Waals surface area contributed by atoms with Gasteiger partial charge in [-0.3, -0.25) is 4.79 Å². The van der Waals surface area contributed by atoms with Crippen molar-refractivity contribution in [3.63, 3.8) is 0 Å². The fourth-order valence-corrected chi connectivity index (χ4v) is 3.89. The number of sulfonamides is 1. The Bertz CT molecular complexity index is 886. The number of amides is 1. The molecular formula is C17H19BrN2O5S. The number of ether oxygens (including phenoxy) is 2. The highest BCUT2D eigenvalue weighted by atomic mass is 79.9. The summed E-state index contributed by atoms with van der Waals surface area (Å²) in [6, 6.07) is 11.9. The van der Waals surface area contributed by atoms with Gasteiger partial charge in [0.25, 0.3) is 0 Å². The van der Waals surface area contributed by atoms with Crippen molar-refractivity contribution in [3.8, 4) is 11.5 Å². The molecule has 0 radical (unpaired) electrons. The molecule has 2 aromatic rings. The summed E-state index contributed by atoms with van der Waals surface area (Å²) < 4.78 is 37.6. The summed E-state index contributed by atoms with van der Waals surface area (Å²) in [6.45, 7) is -0.374. The van der Waals surface area contributed by atoms with E-state index in [1.807, 2.05) is 0 Å². The van der Waals surface area contributed by atoms with E-state index in [0.29, 0.717) is 27.2 Å². The Hall–Kier alpha value is -2.10. The van der Waals surface area contributed by atoms with Crippen molar-refractivity contribution in [2.45, 2.75) is 5.75 Å². The zero-order valence-corrected chi connectivity index (χ0v) is 16.7. The standard InChI is InChI=1S/C17H19BrN2O5S/c1-24-15-8-7-13(9-16(15)25-2)20-17(21)10-19-26(22,23)11-12-5-3-4-6-14(12)18/h3-9,19H,10-11H2,1-2H3,(H,20,21). The van der Waals surface area contributed by atoms with Gasteiger partial charge in [-0.05, 0) is 23.8 Å². The van der Waals surface area contributed by atoms with E-state index in [1.54, 1.807) is 42.5 Å². The molecule has 0 unspecified atom stereocenters. The van der Waals surface area contributed by atoms with Crippen LogP contribution in [0.4, 0.5) is 5.69 Å². The van der Waals surface area contributed by atoms with Crippen LogP contribution in [0, 0.1) is 0 Å². The van der Waals surface area contributed by atoms with Gasteiger partial charge >= 0.3 is 0 Å². The number of anilines is 1. The van der Waals surface area contributed by atoms with Gasteiger partial charge in [-0.2, -0.15) is 0 Å². The van der Waals surface area contributed by atoms with Crippen molar-refractivity contribution in [1.82, 2.24) is 4.72 Å². The highest BCUT2D eigenvalue weighted by Gasteiger charge is 2.15. The van der Waals surface area contributed by atoms with E-state index >= 15 is 0 Å². The summed E-state index contributed by atoms with van der Waals surface area (Å²) in [5.74, 6) is 0.269. The van der Waals surface area contributed by atoms with Crippen molar-refractivity contribution < 1.29 is 22.7 Å². The minimum Gasteiger partial charge on any atom is -0.493 e. The second-order valence-corrected chi connectivity index (χ2v) is 7.95. The highest BCUT2D eigenvalue weighted by Crippen LogP contribution is 2.29. The molecule has 0 aromatic heterocycles. The van der Waals surface area contributed by atoms with E-state index in [4.69, 9.17) is 9.47 Å². The summed E-state index contributed by atoms with van der Waals surface area (Å²) in [5, 5.41) is 2.61. The molecule has 2 N–H and O–H groups in total. The van der Waals surface area contributed by atoms with Crippen LogP contribution in [0.5, 0.6) is 11.5 Å². The summed E-state index contributed by atoms with van der Waals surface area (Å²) >= 11 is 3.30. The van der Waals surface area contributed by atoms with Gasteiger partial charge in [0.1, 0.15) is 0 Å². The average Bonchev–Trinajstić information content (AvgIpc) is 2.62. The third kappa shape index (κ3) is 5.72. The van der Waals surface area contributed by atoms with Gasteiger partial charge in [0.05, 0.1) is 26.5 Å². The van der Waals surface area contributed by atoms with Crippen LogP contribution < -0.4 is 19.5 Å². The van der Waals surface area contributed by atoms with Gasteiger partial charge in [0, 0.05) is 16.2 Å². The smallest absolute Gasteiger partial charge is 0.239 e. The van der Waals surface area contributed by atoms with Crippen molar-refractivity contribution in [3.05, 3.63) is 52.5 Å². The normalized spacial score (nSPS) is 11.0. The first-order chi connectivity index (χ1) is 12.3. The number of carbonyl (C=O) groups is 1. The Morgan fingerprint density at radius 1 is 1.08 bits per heavy atom. The first-order valence-electron chi connectivity index (χ1n) is 7.57. The van der Waals surface area contributed by atoms with Gasteiger partial charge in [0.15, 0.2) is 11.5 Å². The van der Waals surface area contributed by atoms with Crippen LogP contribution in [-0.4, -0.2) is 35.1 Å². The summed E-state index contributed by atoms with van der Waals surface area (Å²) in [4.78, 5) is 12.0. The second-order valence-electron chi connectivity index (χ2n) is 5.29. The molecule has 9 heteroatoms. The Morgan fingerprint density at radius 3 is 2.42 bits per heavy atom. The largest absolute Gasteiger partial charge is 0.493 e. The predicted octanol–water partition coefficient (Wildman–Crippen LogP) is 2.52. The van der Waals surface area contributed by atoms with Gasteiger partial charge in [0.2, 0.25) is 15.9 Å². The molecule has 0 atom stereocenters. The van der Waals surface area contributed by atoms with E-state index in [2.05, 4.69) is 26.0 Å². The maximum absolute atomic E-state index is 12.1. The van der Waals surface area contributed by atoms with E-state index < -0.39 is 15.9 Å². The maximum atomic E-state index is 12.1. The Balaban J connectivity index is 1.95. The van der Waals surface area contributed by atoms with Gasteiger partial charge in [-0.15, -0.1) is 0 Å². The lowest BCUT2D eigenvalue weighted by molar-refractivity contribution is -0.115. The molecule has 0 aliphatic rings. The monoisotopic (exact) mass is 442 g/mol. The van der Waals surface area contributed by atoms with Crippen molar-refractivity contribution in [2.24, 2.45) is 0 Å². The number of rotatable bonds is 8. The number of hydrogen-bond acceptors (Lipinski definition) is 5. The molecule has 0 aliphatic carbocycles. The van der Waals surface area contributed by atoms with Crippen LogP contribution in [0.2, 0.25) is 0 Å². The van der Waals surface area contributed by atoms with Crippen LogP contribution in [0.3, 0.4) is 0 Å². The molecule has 0 fully saturated rings. The van der Waals surface area contributed by atoms with Gasteiger partial charge in [-0.1, -0.05) is 34.1 Å². The van der Waals surface area contributed by atoms with Crippen LogP contribution >= 0.6 is 15.9 Å². The molecule has 2 rings (SSSR count). The van der Waals surface area contributed by atoms with E-state index in [-0.39, 0.29) is 12.3 Å². The van der Waals surface area contributed by atoms with Crippen LogP contribution in [0.25, 0.3) is 0 Å². The molecule has 7 nitrogen and oxygen atoms in total. The quantitative estimate of drug-likeness (QED) is 0.654. The molecule has 26 heavy (non-hydrogen) atoms. The number of methoxy groups -OCH3 is 2. The Kier molecular flexibility index (Phi) is 7.01. The van der Waals surface area contributed by atoms with Crippen molar-refractivity contribution in [1.29, 1.82) is 0 Å². The molecule has 140 valence electrons. The van der Waals surface area contributed by atoms with E-state index in [1.165, 1.54) is 14.2 Å². The first kappa shape index (κ1) is 20.2. The van der Waals surface area contributed by atoms with Gasteiger partial charge < -0.3 is 14.8 Å². The fraction of sp³-hybridized carbons (Fsp3) is 0.235. The molecule has 0 heterocycles. The summed E-state index contributed by atoms with van der Waals surface area (Å²) in [6.07, 6.45) is 0. The second kappa shape index (κ2) is 9.02. The fourth-order valence-electron chi connectivity index (χ4n) is 2.17. The van der Waals surface area contributed by atoms with E-state index in [9.17, 15) is 13.2 Å². The first-order valence-corrected chi connectivity index (χ1v) is 10.0. The van der Waals surface area contributed by atoms with Crippen molar-refractivity contribution in [2.75, 3.05) is 26.1 Å². The summed E-state index contributed by atoms with van der Waals surface area (Å²) in [5.41, 5.74) is 1.08. The number of benzene rings is 2. The lowest BCUT2D eigenvalue weighted by Gasteiger charge is -2.11. The third-order valence-electron chi connectivity index (χ3n) is 3.42. The lowest BCUT2D eigenvalue weighted by Crippen LogP contribution is -2.33. The van der Waals surface area contributed by atoms with Crippen molar-refractivity contribution >= 4 is 37.5 Å². The van der Waals surface area contributed by atoms with Gasteiger partial charge in [-0.25, -0.2) is 13.1 Å². The third-order valence-corrected chi connectivity index (χ3v) is 5.47. The zero-order valence-electron chi connectivity index (χ0n) is 14.3. The lowest BCUT2D eigenvalue weighted by atomic mass is 10.2. The highest BCUT2D eigenvalue weighted by molar-refractivity contribution is 9.10.